The maximum absolute atomic E-state index is 13.2. The molecule has 0 amide bonds. The Labute approximate surface area is 131 Å². The third-order valence-electron chi connectivity index (χ3n) is 3.45. The van der Waals surface area contributed by atoms with Crippen molar-refractivity contribution in [3.63, 3.8) is 0 Å². The molecule has 2 aromatic rings. The first-order chi connectivity index (χ1) is 10.2. The quantitative estimate of drug-likeness (QED) is 0.917. The first-order valence-electron chi connectivity index (χ1n) is 6.72. The first-order valence-corrected chi connectivity index (χ1v) is 7.52. The molecule has 2 aromatic carbocycles. The van der Waals surface area contributed by atoms with Crippen molar-refractivity contribution >= 4 is 15.9 Å². The SMILES string of the molecule is NCc1cccc(Br)c1OCC1Cc2cc(F)ccc2O1. The third kappa shape index (κ3) is 3.04. The van der Waals surface area contributed by atoms with Crippen LogP contribution in [-0.2, 0) is 13.0 Å². The van der Waals surface area contributed by atoms with Gasteiger partial charge >= 0.3 is 0 Å². The van der Waals surface area contributed by atoms with Crippen molar-refractivity contribution in [2.75, 3.05) is 6.61 Å². The fourth-order valence-electron chi connectivity index (χ4n) is 2.43. The van der Waals surface area contributed by atoms with Crippen LogP contribution < -0.4 is 15.2 Å². The molecule has 1 heterocycles. The molecule has 2 N–H and O–H groups in total. The van der Waals surface area contributed by atoms with Gasteiger partial charge < -0.3 is 15.2 Å². The zero-order valence-electron chi connectivity index (χ0n) is 11.3. The monoisotopic (exact) mass is 351 g/mol. The molecule has 110 valence electrons. The zero-order chi connectivity index (χ0) is 14.8. The summed E-state index contributed by atoms with van der Waals surface area (Å²) in [5, 5.41) is 0. The highest BCUT2D eigenvalue weighted by atomic mass is 79.9. The van der Waals surface area contributed by atoms with Crippen LogP contribution in [0.3, 0.4) is 0 Å². The smallest absolute Gasteiger partial charge is 0.138 e. The van der Waals surface area contributed by atoms with Gasteiger partial charge in [-0.25, -0.2) is 4.39 Å². The molecule has 1 unspecified atom stereocenters. The van der Waals surface area contributed by atoms with E-state index >= 15 is 0 Å². The van der Waals surface area contributed by atoms with Gasteiger partial charge in [-0.2, -0.15) is 0 Å². The Morgan fingerprint density at radius 1 is 1.33 bits per heavy atom. The lowest BCUT2D eigenvalue weighted by Gasteiger charge is -2.15. The lowest BCUT2D eigenvalue weighted by Crippen LogP contribution is -2.23. The van der Waals surface area contributed by atoms with E-state index in [9.17, 15) is 4.39 Å². The number of fused-ring (bicyclic) bond motifs is 1. The summed E-state index contributed by atoms with van der Waals surface area (Å²) in [6.45, 7) is 0.803. The molecular weight excluding hydrogens is 337 g/mol. The van der Waals surface area contributed by atoms with Gasteiger partial charge in [0.2, 0.25) is 0 Å². The van der Waals surface area contributed by atoms with E-state index in [1.54, 1.807) is 6.07 Å². The van der Waals surface area contributed by atoms with Crippen molar-refractivity contribution in [3.8, 4) is 11.5 Å². The molecular formula is C16H15BrFNO2. The van der Waals surface area contributed by atoms with Gasteiger partial charge in [0.1, 0.15) is 30.0 Å². The van der Waals surface area contributed by atoms with Crippen LogP contribution in [-0.4, -0.2) is 12.7 Å². The molecule has 0 aromatic heterocycles. The molecule has 0 saturated carbocycles. The van der Waals surface area contributed by atoms with Gasteiger partial charge in [-0.3, -0.25) is 0 Å². The summed E-state index contributed by atoms with van der Waals surface area (Å²) < 4.78 is 25.7. The molecule has 1 aliphatic heterocycles. The second-order valence-corrected chi connectivity index (χ2v) is 5.79. The van der Waals surface area contributed by atoms with Crippen LogP contribution in [0.1, 0.15) is 11.1 Å². The Morgan fingerprint density at radius 2 is 2.19 bits per heavy atom. The number of halogens is 2. The van der Waals surface area contributed by atoms with Gasteiger partial charge in [-0.1, -0.05) is 12.1 Å². The van der Waals surface area contributed by atoms with E-state index in [1.807, 2.05) is 18.2 Å². The number of hydrogen-bond acceptors (Lipinski definition) is 3. The minimum absolute atomic E-state index is 0.112. The normalized spacial score (nSPS) is 16.4. The highest BCUT2D eigenvalue weighted by Gasteiger charge is 2.24. The van der Waals surface area contributed by atoms with E-state index in [1.165, 1.54) is 12.1 Å². The Kier molecular flexibility index (Phi) is 4.12. The van der Waals surface area contributed by atoms with Gasteiger partial charge in [0.15, 0.2) is 0 Å². The average molecular weight is 352 g/mol. The maximum atomic E-state index is 13.2. The summed E-state index contributed by atoms with van der Waals surface area (Å²) in [5.41, 5.74) is 7.54. The van der Waals surface area contributed by atoms with Crippen molar-refractivity contribution in [3.05, 3.63) is 57.8 Å². The summed E-state index contributed by atoms with van der Waals surface area (Å²) in [6.07, 6.45) is 0.537. The Balaban J connectivity index is 1.68. The predicted octanol–water partition coefficient (Wildman–Crippen LogP) is 3.43. The Morgan fingerprint density at radius 3 is 3.00 bits per heavy atom. The van der Waals surface area contributed by atoms with Crippen molar-refractivity contribution in [2.24, 2.45) is 5.73 Å². The van der Waals surface area contributed by atoms with E-state index in [-0.39, 0.29) is 11.9 Å². The average Bonchev–Trinajstić information content (AvgIpc) is 2.87. The van der Waals surface area contributed by atoms with Crippen molar-refractivity contribution in [1.29, 1.82) is 0 Å². The van der Waals surface area contributed by atoms with Crippen LogP contribution in [0.5, 0.6) is 11.5 Å². The number of rotatable bonds is 4. The largest absolute Gasteiger partial charge is 0.488 e. The molecule has 0 bridgehead atoms. The Hall–Kier alpha value is -1.59. The van der Waals surface area contributed by atoms with E-state index in [2.05, 4.69) is 15.9 Å². The fourth-order valence-corrected chi connectivity index (χ4v) is 2.96. The van der Waals surface area contributed by atoms with Crippen LogP contribution in [0, 0.1) is 5.82 Å². The predicted molar refractivity (Wildman–Crippen MR) is 82.0 cm³/mol. The Bertz CT molecular complexity index is 663. The van der Waals surface area contributed by atoms with Gasteiger partial charge in [0, 0.05) is 24.1 Å². The summed E-state index contributed by atoms with van der Waals surface area (Å²) in [4.78, 5) is 0. The molecule has 5 heteroatoms. The molecule has 3 nitrogen and oxygen atoms in total. The van der Waals surface area contributed by atoms with Crippen LogP contribution in [0.15, 0.2) is 40.9 Å². The first kappa shape index (κ1) is 14.4. The number of para-hydroxylation sites is 1. The van der Waals surface area contributed by atoms with Crippen molar-refractivity contribution in [1.82, 2.24) is 0 Å². The second-order valence-electron chi connectivity index (χ2n) is 4.94. The van der Waals surface area contributed by atoms with E-state index in [0.29, 0.717) is 19.6 Å². The van der Waals surface area contributed by atoms with Crippen LogP contribution in [0.2, 0.25) is 0 Å². The molecule has 0 fully saturated rings. The number of benzene rings is 2. The summed E-state index contributed by atoms with van der Waals surface area (Å²) in [6, 6.07) is 10.3. The minimum atomic E-state index is -0.241. The maximum Gasteiger partial charge on any atom is 0.138 e. The molecule has 0 spiro atoms. The number of hydrogen-bond donors (Lipinski definition) is 1. The summed E-state index contributed by atoms with van der Waals surface area (Å²) in [7, 11) is 0. The van der Waals surface area contributed by atoms with E-state index < -0.39 is 0 Å². The highest BCUT2D eigenvalue weighted by Crippen LogP contribution is 2.32. The molecule has 3 rings (SSSR count). The highest BCUT2D eigenvalue weighted by molar-refractivity contribution is 9.10. The molecule has 21 heavy (non-hydrogen) atoms. The summed E-state index contributed by atoms with van der Waals surface area (Å²) >= 11 is 3.46. The van der Waals surface area contributed by atoms with Gasteiger partial charge in [0.25, 0.3) is 0 Å². The minimum Gasteiger partial charge on any atom is -0.488 e. The standard InChI is InChI=1S/C16H15BrFNO2/c17-14-3-1-2-10(8-19)16(14)20-9-13-7-11-6-12(18)4-5-15(11)21-13/h1-6,13H,7-9,19H2. The van der Waals surface area contributed by atoms with Gasteiger partial charge in [-0.15, -0.1) is 0 Å². The van der Waals surface area contributed by atoms with Gasteiger partial charge in [0.05, 0.1) is 4.47 Å². The fraction of sp³-hybridized carbons (Fsp3) is 0.250. The van der Waals surface area contributed by atoms with E-state index in [4.69, 9.17) is 15.2 Å². The number of ether oxygens (including phenoxy) is 2. The van der Waals surface area contributed by atoms with Gasteiger partial charge in [-0.05, 0) is 40.2 Å². The lowest BCUT2D eigenvalue weighted by molar-refractivity contribution is 0.147. The van der Waals surface area contributed by atoms with Crippen LogP contribution in [0.4, 0.5) is 4.39 Å². The molecule has 0 aliphatic carbocycles. The topological polar surface area (TPSA) is 44.5 Å². The molecule has 0 radical (unpaired) electrons. The second kappa shape index (κ2) is 6.03. The van der Waals surface area contributed by atoms with Crippen LogP contribution >= 0.6 is 15.9 Å². The van der Waals surface area contributed by atoms with Crippen LogP contribution in [0.25, 0.3) is 0 Å². The molecule has 0 saturated heterocycles. The van der Waals surface area contributed by atoms with E-state index in [0.717, 1.165) is 27.1 Å². The third-order valence-corrected chi connectivity index (χ3v) is 4.07. The lowest BCUT2D eigenvalue weighted by atomic mass is 10.1. The van der Waals surface area contributed by atoms with Crippen molar-refractivity contribution in [2.45, 2.75) is 19.1 Å². The molecule has 1 atom stereocenters. The summed E-state index contributed by atoms with van der Waals surface area (Å²) in [5.74, 6) is 1.23. The van der Waals surface area contributed by atoms with Crippen molar-refractivity contribution < 1.29 is 13.9 Å². The zero-order valence-corrected chi connectivity index (χ0v) is 12.9. The number of nitrogens with two attached hydrogens (primary N) is 1. The molecule has 1 aliphatic rings.